The molecule has 180 valence electrons. The van der Waals surface area contributed by atoms with Crippen molar-refractivity contribution in [3.8, 4) is 23.1 Å². The molecule has 10 heteroatoms. The Labute approximate surface area is 196 Å². The van der Waals surface area contributed by atoms with Crippen molar-refractivity contribution in [1.82, 2.24) is 24.8 Å². The molecule has 0 atom stereocenters. The van der Waals surface area contributed by atoms with Crippen molar-refractivity contribution in [2.45, 2.75) is 31.5 Å². The molecule has 1 N–H and O–H groups in total. The highest BCUT2D eigenvalue weighted by Crippen LogP contribution is 2.39. The molecule has 4 rings (SSSR count). The smallest absolute Gasteiger partial charge is 0.419 e. The van der Waals surface area contributed by atoms with Crippen LogP contribution >= 0.6 is 0 Å². The summed E-state index contributed by atoms with van der Waals surface area (Å²) in [4.78, 5) is 10.7. The highest BCUT2D eigenvalue weighted by atomic mass is 19.4. The van der Waals surface area contributed by atoms with Gasteiger partial charge in [-0.15, -0.1) is 0 Å². The number of benzene rings is 1. The molecule has 34 heavy (non-hydrogen) atoms. The van der Waals surface area contributed by atoms with Crippen LogP contribution < -0.4 is 10.1 Å². The predicted octanol–water partition coefficient (Wildman–Crippen LogP) is 3.98. The first kappa shape index (κ1) is 24.0. The van der Waals surface area contributed by atoms with Crippen LogP contribution in [-0.2, 0) is 13.2 Å². The number of ether oxygens (including phenoxy) is 1. The number of imidazole rings is 1. The summed E-state index contributed by atoms with van der Waals surface area (Å²) in [6.45, 7) is 2.97. The van der Waals surface area contributed by atoms with E-state index in [1.807, 2.05) is 6.07 Å². The Bertz CT molecular complexity index is 1190. The molecule has 0 spiro atoms. The highest BCUT2D eigenvalue weighted by Gasteiger charge is 2.35. The van der Waals surface area contributed by atoms with E-state index in [0.29, 0.717) is 30.0 Å². The summed E-state index contributed by atoms with van der Waals surface area (Å²) >= 11 is 0. The van der Waals surface area contributed by atoms with Crippen LogP contribution in [0.2, 0.25) is 0 Å². The predicted molar refractivity (Wildman–Crippen MR) is 122 cm³/mol. The molecule has 1 aliphatic heterocycles. The van der Waals surface area contributed by atoms with E-state index >= 15 is 0 Å². The van der Waals surface area contributed by atoms with Gasteiger partial charge in [0.2, 0.25) is 0 Å². The fraction of sp³-hybridized carbons (Fsp3) is 0.458. The van der Waals surface area contributed by atoms with Crippen molar-refractivity contribution in [2.24, 2.45) is 7.05 Å². The maximum atomic E-state index is 13.8. The topological polar surface area (TPSA) is 79.0 Å². The Morgan fingerprint density at radius 3 is 2.68 bits per heavy atom. The summed E-state index contributed by atoms with van der Waals surface area (Å²) in [5.74, 6) is -0.211. The van der Waals surface area contributed by atoms with E-state index in [2.05, 4.69) is 27.2 Å². The number of halogens is 3. The SMILES string of the molecule is CN1CCC(NCCCOc2ccc(-c3cc4c(ncn4C)c(C#N)n3)cc2C(F)(F)F)CC1. The standard InChI is InChI=1S/C24H27F3N6O/c1-32-9-6-17(7-10-32)29-8-3-11-34-22-5-4-16(12-18(22)24(25,26)27)19-13-21-23(20(14-28)31-19)30-15-33(21)2/h4-5,12-13,15,17,29H,3,6-11H2,1-2H3. The van der Waals surface area contributed by atoms with Gasteiger partial charge in [-0.25, -0.2) is 9.97 Å². The number of hydrogen-bond donors (Lipinski definition) is 1. The average Bonchev–Trinajstić information content (AvgIpc) is 3.19. The molecule has 2 aromatic heterocycles. The Balaban J connectivity index is 1.47. The third kappa shape index (κ3) is 5.32. The molecule has 1 saturated heterocycles. The largest absolute Gasteiger partial charge is 0.493 e. The van der Waals surface area contributed by atoms with Gasteiger partial charge in [-0.05, 0) is 70.2 Å². The first-order valence-electron chi connectivity index (χ1n) is 11.2. The summed E-state index contributed by atoms with van der Waals surface area (Å²) in [6, 6.07) is 7.94. The van der Waals surface area contributed by atoms with Gasteiger partial charge in [-0.3, -0.25) is 0 Å². The normalized spacial score (nSPS) is 15.5. The minimum atomic E-state index is -4.59. The summed E-state index contributed by atoms with van der Waals surface area (Å²) in [5, 5.41) is 12.9. The number of likely N-dealkylation sites (tertiary alicyclic amines) is 1. The van der Waals surface area contributed by atoms with Crippen LogP contribution in [0.3, 0.4) is 0 Å². The van der Waals surface area contributed by atoms with Crippen LogP contribution in [0.4, 0.5) is 13.2 Å². The number of nitrogens with zero attached hydrogens (tertiary/aromatic N) is 5. The zero-order chi connectivity index (χ0) is 24.3. The van der Waals surface area contributed by atoms with Gasteiger partial charge in [0.1, 0.15) is 17.3 Å². The summed E-state index contributed by atoms with van der Waals surface area (Å²) in [5.41, 5.74) is 0.763. The highest BCUT2D eigenvalue weighted by molar-refractivity contribution is 5.84. The maximum Gasteiger partial charge on any atom is 0.419 e. The van der Waals surface area contributed by atoms with E-state index in [0.717, 1.165) is 32.0 Å². The van der Waals surface area contributed by atoms with Gasteiger partial charge in [0.15, 0.2) is 5.69 Å². The van der Waals surface area contributed by atoms with Gasteiger partial charge in [0.05, 0.1) is 29.7 Å². The van der Waals surface area contributed by atoms with E-state index < -0.39 is 11.7 Å². The van der Waals surface area contributed by atoms with Gasteiger partial charge in [0, 0.05) is 18.7 Å². The molecule has 0 unspecified atom stereocenters. The second kappa shape index (κ2) is 9.99. The van der Waals surface area contributed by atoms with Crippen molar-refractivity contribution in [2.75, 3.05) is 33.3 Å². The number of hydrogen-bond acceptors (Lipinski definition) is 6. The quantitative estimate of drug-likeness (QED) is 0.524. The number of piperidine rings is 1. The summed E-state index contributed by atoms with van der Waals surface area (Å²) in [7, 11) is 3.85. The lowest BCUT2D eigenvalue weighted by atomic mass is 10.0. The molecule has 1 aromatic carbocycles. The van der Waals surface area contributed by atoms with Crippen LogP contribution in [0, 0.1) is 11.3 Å². The third-order valence-corrected chi connectivity index (χ3v) is 6.13. The number of fused-ring (bicyclic) bond motifs is 1. The number of pyridine rings is 1. The third-order valence-electron chi connectivity index (χ3n) is 6.13. The van der Waals surface area contributed by atoms with Crippen molar-refractivity contribution in [3.05, 3.63) is 41.9 Å². The van der Waals surface area contributed by atoms with Gasteiger partial charge in [-0.1, -0.05) is 0 Å². The fourth-order valence-corrected chi connectivity index (χ4v) is 4.16. The second-order valence-corrected chi connectivity index (χ2v) is 8.63. The zero-order valence-corrected chi connectivity index (χ0v) is 19.2. The molecule has 0 amide bonds. The summed E-state index contributed by atoms with van der Waals surface area (Å²) in [6.07, 6.45) is -0.301. The van der Waals surface area contributed by atoms with Crippen LogP contribution in [-0.4, -0.2) is 58.8 Å². The van der Waals surface area contributed by atoms with E-state index in [9.17, 15) is 18.4 Å². The van der Waals surface area contributed by atoms with Crippen molar-refractivity contribution in [3.63, 3.8) is 0 Å². The molecule has 1 fully saturated rings. The number of aromatic nitrogens is 3. The first-order valence-corrected chi connectivity index (χ1v) is 11.2. The van der Waals surface area contributed by atoms with Crippen LogP contribution in [0.1, 0.15) is 30.5 Å². The Kier molecular flexibility index (Phi) is 7.05. The monoisotopic (exact) mass is 472 g/mol. The molecule has 7 nitrogen and oxygen atoms in total. The zero-order valence-electron chi connectivity index (χ0n) is 19.2. The van der Waals surface area contributed by atoms with Crippen LogP contribution in [0.5, 0.6) is 5.75 Å². The molecule has 0 aliphatic carbocycles. The number of nitriles is 1. The lowest BCUT2D eigenvalue weighted by molar-refractivity contribution is -0.138. The summed E-state index contributed by atoms with van der Waals surface area (Å²) < 4.78 is 48.7. The van der Waals surface area contributed by atoms with Gasteiger partial charge < -0.3 is 19.5 Å². The number of aryl methyl sites for hydroxylation is 1. The van der Waals surface area contributed by atoms with Gasteiger partial charge in [-0.2, -0.15) is 18.4 Å². The minimum Gasteiger partial charge on any atom is -0.493 e. The lowest BCUT2D eigenvalue weighted by Gasteiger charge is -2.29. The molecule has 0 bridgehead atoms. The molecule has 0 radical (unpaired) electrons. The van der Waals surface area contributed by atoms with Crippen molar-refractivity contribution < 1.29 is 17.9 Å². The van der Waals surface area contributed by atoms with Gasteiger partial charge >= 0.3 is 6.18 Å². The van der Waals surface area contributed by atoms with Crippen LogP contribution in [0.25, 0.3) is 22.3 Å². The Hall–Kier alpha value is -3.16. The van der Waals surface area contributed by atoms with E-state index in [1.165, 1.54) is 18.5 Å². The van der Waals surface area contributed by atoms with E-state index in [1.54, 1.807) is 17.7 Å². The van der Waals surface area contributed by atoms with Crippen molar-refractivity contribution in [1.29, 1.82) is 5.26 Å². The molecule has 0 saturated carbocycles. The molecular weight excluding hydrogens is 445 g/mol. The first-order chi connectivity index (χ1) is 16.3. The average molecular weight is 473 g/mol. The minimum absolute atomic E-state index is 0.0686. The van der Waals surface area contributed by atoms with E-state index in [-0.39, 0.29) is 29.3 Å². The number of rotatable bonds is 7. The molecule has 1 aliphatic rings. The lowest BCUT2D eigenvalue weighted by Crippen LogP contribution is -2.41. The fourth-order valence-electron chi connectivity index (χ4n) is 4.16. The maximum absolute atomic E-state index is 13.8. The van der Waals surface area contributed by atoms with Crippen molar-refractivity contribution >= 4 is 11.0 Å². The molecule has 3 aromatic rings. The van der Waals surface area contributed by atoms with Gasteiger partial charge in [0.25, 0.3) is 0 Å². The Morgan fingerprint density at radius 1 is 1.21 bits per heavy atom. The Morgan fingerprint density at radius 2 is 1.97 bits per heavy atom. The van der Waals surface area contributed by atoms with E-state index in [4.69, 9.17) is 4.74 Å². The number of nitrogens with one attached hydrogen (secondary N) is 1. The second-order valence-electron chi connectivity index (χ2n) is 8.63. The molecular formula is C24H27F3N6O. The number of alkyl halides is 3. The molecule has 3 heterocycles. The van der Waals surface area contributed by atoms with Crippen LogP contribution in [0.15, 0.2) is 30.6 Å².